The summed E-state index contributed by atoms with van der Waals surface area (Å²) in [5.74, 6) is -0.270. The Hall–Kier alpha value is -3.14. The van der Waals surface area contributed by atoms with E-state index < -0.39 is 0 Å². The number of piperazine rings is 1. The number of rotatable bonds is 8. The van der Waals surface area contributed by atoms with Crippen LogP contribution in [0.25, 0.3) is 0 Å². The Morgan fingerprint density at radius 3 is 2.38 bits per heavy atom. The van der Waals surface area contributed by atoms with Gasteiger partial charge in [-0.25, -0.2) is 4.98 Å². The largest absolute Gasteiger partial charge is 0.339 e. The van der Waals surface area contributed by atoms with Crippen molar-refractivity contribution in [2.75, 3.05) is 38.0 Å². The van der Waals surface area contributed by atoms with Crippen molar-refractivity contribution >= 4 is 63.1 Å². The van der Waals surface area contributed by atoms with Crippen LogP contribution >= 0.6 is 34.5 Å². The van der Waals surface area contributed by atoms with Crippen molar-refractivity contribution in [3.63, 3.8) is 0 Å². The van der Waals surface area contributed by atoms with Gasteiger partial charge in [0, 0.05) is 63.7 Å². The fraction of sp³-hybridized carbons (Fsp3) is 0.308. The average Bonchev–Trinajstić information content (AvgIpc) is 3.37. The molecule has 3 aromatic rings. The summed E-state index contributed by atoms with van der Waals surface area (Å²) in [4.78, 5) is 47.5. The first-order valence-corrected chi connectivity index (χ1v) is 13.5. The Morgan fingerprint density at radius 2 is 1.70 bits per heavy atom. The number of hydrogen-bond acceptors (Lipinski definition) is 6. The minimum absolute atomic E-state index is 0.0167. The van der Waals surface area contributed by atoms with Crippen LogP contribution in [0.15, 0.2) is 53.9 Å². The third-order valence-electron chi connectivity index (χ3n) is 6.07. The fourth-order valence-electron chi connectivity index (χ4n) is 4.00. The van der Waals surface area contributed by atoms with E-state index in [1.165, 1.54) is 18.3 Å². The van der Waals surface area contributed by atoms with Crippen molar-refractivity contribution in [1.29, 1.82) is 0 Å². The lowest BCUT2D eigenvalue weighted by molar-refractivity contribution is -0.138. The van der Waals surface area contributed by atoms with E-state index in [4.69, 9.17) is 23.2 Å². The van der Waals surface area contributed by atoms with Crippen LogP contribution in [0, 0.1) is 0 Å². The van der Waals surface area contributed by atoms with Crippen LogP contribution in [0.4, 0.5) is 10.8 Å². The maximum Gasteiger partial charge on any atom is 0.273 e. The number of anilines is 2. The van der Waals surface area contributed by atoms with Gasteiger partial charge in [-0.2, -0.15) is 0 Å². The summed E-state index contributed by atoms with van der Waals surface area (Å²) in [5, 5.41) is 6.26. The molecule has 37 heavy (non-hydrogen) atoms. The Bertz CT molecular complexity index is 1260. The van der Waals surface area contributed by atoms with Gasteiger partial charge in [-0.3, -0.25) is 14.4 Å². The van der Waals surface area contributed by atoms with Gasteiger partial charge in [0.15, 0.2) is 5.13 Å². The summed E-state index contributed by atoms with van der Waals surface area (Å²) in [6.45, 7) is 4.21. The molecule has 1 fully saturated rings. The molecule has 11 heteroatoms. The number of benzene rings is 2. The third-order valence-corrected chi connectivity index (χ3v) is 7.57. The van der Waals surface area contributed by atoms with Crippen molar-refractivity contribution in [2.24, 2.45) is 0 Å². The number of carbonyl (C=O) groups excluding carboxylic acids is 3. The highest BCUT2D eigenvalue weighted by Gasteiger charge is 2.25. The van der Waals surface area contributed by atoms with Crippen LogP contribution in [0.5, 0.6) is 0 Å². The summed E-state index contributed by atoms with van der Waals surface area (Å²) in [6, 6.07) is 14.8. The van der Waals surface area contributed by atoms with Crippen LogP contribution in [0.3, 0.4) is 0 Å². The molecule has 3 amide bonds. The molecular weight excluding hydrogens is 533 g/mol. The highest BCUT2D eigenvalue weighted by atomic mass is 35.5. The van der Waals surface area contributed by atoms with Gasteiger partial charge in [-0.15, -0.1) is 11.3 Å². The molecule has 194 valence electrons. The number of aromatic nitrogens is 1. The first kappa shape index (κ1) is 26.9. The van der Waals surface area contributed by atoms with E-state index in [-0.39, 0.29) is 30.7 Å². The van der Waals surface area contributed by atoms with Crippen LogP contribution in [0.2, 0.25) is 10.0 Å². The van der Waals surface area contributed by atoms with Gasteiger partial charge in [0.2, 0.25) is 11.8 Å². The van der Waals surface area contributed by atoms with Gasteiger partial charge in [0.1, 0.15) is 5.69 Å². The van der Waals surface area contributed by atoms with Crippen LogP contribution in [-0.2, 0) is 16.1 Å². The van der Waals surface area contributed by atoms with E-state index in [2.05, 4.69) is 10.3 Å². The number of halogens is 2. The number of hydrogen-bond donors (Lipinski definition) is 1. The van der Waals surface area contributed by atoms with E-state index in [0.29, 0.717) is 59.3 Å². The number of nitrogens with zero attached hydrogens (tertiary/aromatic N) is 4. The molecule has 1 aliphatic rings. The molecule has 0 aliphatic carbocycles. The zero-order valence-electron chi connectivity index (χ0n) is 20.3. The predicted molar refractivity (Wildman–Crippen MR) is 146 cm³/mol. The predicted octanol–water partition coefficient (Wildman–Crippen LogP) is 4.92. The second kappa shape index (κ2) is 12.4. The molecule has 0 bridgehead atoms. The SMILES string of the molecule is CC(=O)N1CCN(C(=O)CCN(Cc2ccccc2)C(=O)c2csc(Nc3ccc(Cl)c(Cl)c3)n2)CC1. The molecule has 2 aromatic carbocycles. The van der Waals surface area contributed by atoms with Gasteiger partial charge in [0.05, 0.1) is 10.0 Å². The van der Waals surface area contributed by atoms with Crippen molar-refractivity contribution in [2.45, 2.75) is 19.9 Å². The average molecular weight is 561 g/mol. The lowest BCUT2D eigenvalue weighted by atomic mass is 10.2. The molecule has 0 radical (unpaired) electrons. The molecule has 4 rings (SSSR count). The highest BCUT2D eigenvalue weighted by molar-refractivity contribution is 7.14. The minimum atomic E-state index is -0.253. The van der Waals surface area contributed by atoms with Crippen molar-refractivity contribution in [3.8, 4) is 0 Å². The van der Waals surface area contributed by atoms with E-state index >= 15 is 0 Å². The number of amides is 3. The van der Waals surface area contributed by atoms with Gasteiger partial charge in [0.25, 0.3) is 5.91 Å². The van der Waals surface area contributed by atoms with Gasteiger partial charge in [-0.1, -0.05) is 53.5 Å². The van der Waals surface area contributed by atoms with Gasteiger partial charge in [-0.05, 0) is 23.8 Å². The molecule has 0 unspecified atom stereocenters. The smallest absolute Gasteiger partial charge is 0.273 e. The van der Waals surface area contributed by atoms with E-state index in [1.807, 2.05) is 30.3 Å². The first-order chi connectivity index (χ1) is 17.8. The summed E-state index contributed by atoms with van der Waals surface area (Å²) in [7, 11) is 0. The zero-order chi connectivity index (χ0) is 26.4. The summed E-state index contributed by atoms with van der Waals surface area (Å²) in [5.41, 5.74) is 1.97. The maximum atomic E-state index is 13.5. The Kier molecular flexibility index (Phi) is 9.02. The van der Waals surface area contributed by atoms with Crippen molar-refractivity contribution in [1.82, 2.24) is 19.7 Å². The van der Waals surface area contributed by atoms with Crippen molar-refractivity contribution < 1.29 is 14.4 Å². The summed E-state index contributed by atoms with van der Waals surface area (Å²) in [6.07, 6.45) is 0.192. The maximum absolute atomic E-state index is 13.5. The van der Waals surface area contributed by atoms with Crippen LogP contribution < -0.4 is 5.32 Å². The Morgan fingerprint density at radius 1 is 1.00 bits per heavy atom. The monoisotopic (exact) mass is 559 g/mol. The number of carbonyl (C=O) groups is 3. The number of thiazole rings is 1. The zero-order valence-corrected chi connectivity index (χ0v) is 22.7. The summed E-state index contributed by atoms with van der Waals surface area (Å²) < 4.78 is 0. The van der Waals surface area contributed by atoms with E-state index in [1.54, 1.807) is 38.3 Å². The topological polar surface area (TPSA) is 85.9 Å². The van der Waals surface area contributed by atoms with Crippen LogP contribution in [-0.4, -0.2) is 70.1 Å². The van der Waals surface area contributed by atoms with Gasteiger partial charge < -0.3 is 20.0 Å². The lowest BCUT2D eigenvalue weighted by Gasteiger charge is -2.34. The molecule has 1 saturated heterocycles. The minimum Gasteiger partial charge on any atom is -0.339 e. The lowest BCUT2D eigenvalue weighted by Crippen LogP contribution is -2.50. The second-order valence-electron chi connectivity index (χ2n) is 8.64. The summed E-state index contributed by atoms with van der Waals surface area (Å²) >= 11 is 13.4. The molecule has 1 aliphatic heterocycles. The molecular formula is C26H27Cl2N5O3S. The second-order valence-corrected chi connectivity index (χ2v) is 10.3. The molecule has 8 nitrogen and oxygen atoms in total. The fourth-order valence-corrected chi connectivity index (χ4v) is 5.01. The first-order valence-electron chi connectivity index (χ1n) is 11.8. The molecule has 1 N–H and O–H groups in total. The van der Waals surface area contributed by atoms with Crippen LogP contribution in [0.1, 0.15) is 29.4 Å². The Labute approximate surface area is 229 Å². The standard InChI is InChI=1S/C26H27Cl2N5O3S/c1-18(34)31-11-13-32(14-12-31)24(35)9-10-33(16-19-5-3-2-4-6-19)25(36)23-17-37-26(30-23)29-20-7-8-21(27)22(28)15-20/h2-8,15,17H,9-14,16H2,1H3,(H,29,30). The van der Waals surface area contributed by atoms with E-state index in [0.717, 1.165) is 5.56 Å². The van der Waals surface area contributed by atoms with Crippen molar-refractivity contribution in [3.05, 3.63) is 75.2 Å². The molecule has 0 spiro atoms. The Balaban J connectivity index is 1.42. The third kappa shape index (κ3) is 7.21. The molecule has 1 aromatic heterocycles. The quantitative estimate of drug-likeness (QED) is 0.423. The van der Waals surface area contributed by atoms with E-state index in [9.17, 15) is 14.4 Å². The number of nitrogens with one attached hydrogen (secondary N) is 1. The normalized spacial score (nSPS) is 13.4. The molecule has 0 atom stereocenters. The molecule has 0 saturated carbocycles. The highest BCUT2D eigenvalue weighted by Crippen LogP contribution is 2.28. The van der Waals surface area contributed by atoms with Gasteiger partial charge >= 0.3 is 0 Å². The molecule has 2 heterocycles.